The van der Waals surface area contributed by atoms with Gasteiger partial charge in [-0.1, -0.05) is 0 Å². The van der Waals surface area contributed by atoms with Gasteiger partial charge in [-0.25, -0.2) is 0 Å². The summed E-state index contributed by atoms with van der Waals surface area (Å²) in [4.78, 5) is 0. The molecule has 0 aromatic rings. The average molecular weight is 144 g/mol. The van der Waals surface area contributed by atoms with E-state index < -0.39 is 19.1 Å². The molecular formula is C4H7F3O2. The molecule has 56 valence electrons. The lowest BCUT2D eigenvalue weighted by atomic mass is 10.5. The van der Waals surface area contributed by atoms with Gasteiger partial charge in [-0.3, -0.25) is 4.74 Å². The van der Waals surface area contributed by atoms with Crippen LogP contribution in [0.2, 0.25) is 0 Å². The Labute approximate surface area is 50.2 Å². The fourth-order valence-corrected chi connectivity index (χ4v) is 0.215. The van der Waals surface area contributed by atoms with Gasteiger partial charge in [-0.05, 0) is 6.92 Å². The van der Waals surface area contributed by atoms with E-state index in [4.69, 9.17) is 5.11 Å². The van der Waals surface area contributed by atoms with Crippen molar-refractivity contribution >= 4 is 0 Å². The van der Waals surface area contributed by atoms with E-state index in [1.165, 1.54) is 6.92 Å². The minimum Gasteiger partial charge on any atom is -0.391 e. The van der Waals surface area contributed by atoms with E-state index in [1.54, 1.807) is 0 Å². The Morgan fingerprint density at radius 2 is 2.00 bits per heavy atom. The molecule has 0 unspecified atom stereocenters. The molecule has 0 spiro atoms. The zero-order chi connectivity index (χ0) is 7.49. The predicted molar refractivity (Wildman–Crippen MR) is 23.7 cm³/mol. The SMILES string of the molecule is C[C@H](O)COC(F)(F)F. The van der Waals surface area contributed by atoms with Crippen LogP contribution >= 0.6 is 0 Å². The molecule has 0 saturated carbocycles. The predicted octanol–water partition coefficient (Wildman–Crippen LogP) is 0.904. The van der Waals surface area contributed by atoms with E-state index in [0.29, 0.717) is 0 Å². The van der Waals surface area contributed by atoms with Crippen molar-refractivity contribution in [1.29, 1.82) is 0 Å². The molecule has 1 atom stereocenters. The average Bonchev–Trinajstić information content (AvgIpc) is 1.59. The molecule has 0 aromatic heterocycles. The quantitative estimate of drug-likeness (QED) is 0.624. The lowest BCUT2D eigenvalue weighted by Crippen LogP contribution is -2.20. The molecule has 5 heteroatoms. The molecule has 2 nitrogen and oxygen atoms in total. The number of aliphatic hydroxyl groups excluding tert-OH is 1. The summed E-state index contributed by atoms with van der Waals surface area (Å²) in [6.07, 6.45) is -5.71. The highest BCUT2D eigenvalue weighted by atomic mass is 19.4. The minimum absolute atomic E-state index is 0.705. The van der Waals surface area contributed by atoms with Crippen molar-refractivity contribution < 1.29 is 23.0 Å². The molecular weight excluding hydrogens is 137 g/mol. The van der Waals surface area contributed by atoms with E-state index in [1.807, 2.05) is 0 Å². The smallest absolute Gasteiger partial charge is 0.391 e. The molecule has 9 heavy (non-hydrogen) atoms. The fraction of sp³-hybridized carbons (Fsp3) is 1.00. The number of rotatable bonds is 2. The highest BCUT2D eigenvalue weighted by molar-refractivity contribution is 4.41. The summed E-state index contributed by atoms with van der Waals surface area (Å²) in [5, 5.41) is 8.29. The van der Waals surface area contributed by atoms with Gasteiger partial charge in [0.25, 0.3) is 0 Å². The lowest BCUT2D eigenvalue weighted by molar-refractivity contribution is -0.330. The summed E-state index contributed by atoms with van der Waals surface area (Å²) in [5.41, 5.74) is 0. The van der Waals surface area contributed by atoms with Crippen molar-refractivity contribution in [2.24, 2.45) is 0 Å². The third-order valence-corrected chi connectivity index (χ3v) is 0.488. The molecule has 0 heterocycles. The van der Waals surface area contributed by atoms with Crippen molar-refractivity contribution in [3.05, 3.63) is 0 Å². The molecule has 0 fully saturated rings. The topological polar surface area (TPSA) is 29.5 Å². The maximum Gasteiger partial charge on any atom is 0.522 e. The van der Waals surface area contributed by atoms with Gasteiger partial charge in [-0.15, -0.1) is 13.2 Å². The molecule has 0 radical (unpaired) electrons. The van der Waals surface area contributed by atoms with Gasteiger partial charge in [0.1, 0.15) is 0 Å². The summed E-state index contributed by atoms with van der Waals surface area (Å²) in [5.74, 6) is 0. The second-order valence-corrected chi connectivity index (χ2v) is 1.61. The number of ether oxygens (including phenoxy) is 1. The monoisotopic (exact) mass is 144 g/mol. The Bertz CT molecular complexity index is 78.4. The molecule has 1 N–H and O–H groups in total. The number of hydrogen-bond acceptors (Lipinski definition) is 2. The summed E-state index contributed by atoms with van der Waals surface area (Å²) in [6, 6.07) is 0. The van der Waals surface area contributed by atoms with Crippen LogP contribution in [0.5, 0.6) is 0 Å². The van der Waals surface area contributed by atoms with Crippen LogP contribution in [0.25, 0.3) is 0 Å². The van der Waals surface area contributed by atoms with E-state index in [-0.39, 0.29) is 0 Å². The zero-order valence-corrected chi connectivity index (χ0v) is 4.77. The highest BCUT2D eigenvalue weighted by Crippen LogP contribution is 2.15. The molecule has 0 aliphatic rings. The standard InChI is InChI=1S/C4H7F3O2/c1-3(8)2-9-4(5,6)7/h3,8H,2H2,1H3/t3-/m0/s1. The van der Waals surface area contributed by atoms with Gasteiger partial charge in [0.15, 0.2) is 0 Å². The van der Waals surface area contributed by atoms with Gasteiger partial charge in [0, 0.05) is 0 Å². The second kappa shape index (κ2) is 3.03. The summed E-state index contributed by atoms with van der Waals surface area (Å²) in [7, 11) is 0. The van der Waals surface area contributed by atoms with Gasteiger partial charge < -0.3 is 5.11 Å². The Balaban J connectivity index is 3.28. The minimum atomic E-state index is -4.63. The second-order valence-electron chi connectivity index (χ2n) is 1.61. The number of halogens is 3. The number of hydrogen-bond donors (Lipinski definition) is 1. The van der Waals surface area contributed by atoms with Crippen LogP contribution in [0, 0.1) is 0 Å². The van der Waals surface area contributed by atoms with Gasteiger partial charge in [0.05, 0.1) is 12.7 Å². The van der Waals surface area contributed by atoms with Crippen molar-refractivity contribution in [2.45, 2.75) is 19.4 Å². The van der Waals surface area contributed by atoms with E-state index >= 15 is 0 Å². The Hall–Kier alpha value is -0.290. The van der Waals surface area contributed by atoms with E-state index in [2.05, 4.69) is 4.74 Å². The number of alkyl halides is 3. The summed E-state index contributed by atoms with van der Waals surface area (Å²) in [6.45, 7) is 0.509. The fourth-order valence-electron chi connectivity index (χ4n) is 0.215. The van der Waals surface area contributed by atoms with Crippen molar-refractivity contribution in [3.8, 4) is 0 Å². The van der Waals surface area contributed by atoms with Gasteiger partial charge in [0.2, 0.25) is 0 Å². The lowest BCUT2D eigenvalue weighted by Gasteiger charge is -2.07. The highest BCUT2D eigenvalue weighted by Gasteiger charge is 2.29. The third-order valence-electron chi connectivity index (χ3n) is 0.488. The van der Waals surface area contributed by atoms with Crippen molar-refractivity contribution in [1.82, 2.24) is 0 Å². The largest absolute Gasteiger partial charge is 0.522 e. The molecule has 0 aliphatic heterocycles. The molecule has 0 rings (SSSR count). The Morgan fingerprint density at radius 3 is 2.11 bits per heavy atom. The normalized spacial score (nSPS) is 15.7. The van der Waals surface area contributed by atoms with Crippen LogP contribution in [-0.4, -0.2) is 24.2 Å². The van der Waals surface area contributed by atoms with E-state index in [0.717, 1.165) is 0 Å². The zero-order valence-electron chi connectivity index (χ0n) is 4.77. The van der Waals surface area contributed by atoms with Crippen LogP contribution < -0.4 is 0 Å². The Kier molecular flexibility index (Phi) is 2.93. The maximum atomic E-state index is 11.1. The first kappa shape index (κ1) is 8.71. The van der Waals surface area contributed by atoms with Crippen LogP contribution in [0.3, 0.4) is 0 Å². The summed E-state index contributed by atoms with van der Waals surface area (Å²) < 4.78 is 36.5. The van der Waals surface area contributed by atoms with Crippen LogP contribution in [0.15, 0.2) is 0 Å². The first-order valence-electron chi connectivity index (χ1n) is 2.30. The molecule has 0 aromatic carbocycles. The van der Waals surface area contributed by atoms with Crippen LogP contribution in [-0.2, 0) is 4.74 Å². The van der Waals surface area contributed by atoms with Gasteiger partial charge >= 0.3 is 6.36 Å². The molecule has 0 saturated heterocycles. The Morgan fingerprint density at radius 1 is 1.56 bits per heavy atom. The number of aliphatic hydroxyl groups is 1. The van der Waals surface area contributed by atoms with Crippen LogP contribution in [0.4, 0.5) is 13.2 Å². The van der Waals surface area contributed by atoms with Gasteiger partial charge in [-0.2, -0.15) is 0 Å². The van der Waals surface area contributed by atoms with E-state index in [9.17, 15) is 13.2 Å². The molecule has 0 bridgehead atoms. The molecule has 0 aliphatic carbocycles. The first-order valence-corrected chi connectivity index (χ1v) is 2.30. The van der Waals surface area contributed by atoms with Crippen LogP contribution in [0.1, 0.15) is 6.92 Å². The first-order chi connectivity index (χ1) is 3.92. The van der Waals surface area contributed by atoms with Crippen molar-refractivity contribution in [3.63, 3.8) is 0 Å². The third kappa shape index (κ3) is 7.71. The van der Waals surface area contributed by atoms with Crippen molar-refractivity contribution in [2.75, 3.05) is 6.61 Å². The summed E-state index contributed by atoms with van der Waals surface area (Å²) >= 11 is 0. The maximum absolute atomic E-state index is 11.1. The molecule has 0 amide bonds.